The molecule has 0 aromatic heterocycles. The van der Waals surface area contributed by atoms with Crippen molar-refractivity contribution in [2.45, 2.75) is 18.9 Å². The molecule has 0 unspecified atom stereocenters. The monoisotopic (exact) mass is 139 g/mol. The standard InChI is InChI=1S/C7H13N3/c8-5-6-1-3-10-4-2-7(6)9/h6-7,10H,1-4,9H2/t6-,7-/m1/s1. The number of nitrogens with one attached hydrogen (secondary N) is 1. The van der Waals surface area contributed by atoms with Gasteiger partial charge in [-0.25, -0.2) is 0 Å². The SMILES string of the molecule is N#C[C@H]1CCNCC[C@H]1N. The van der Waals surface area contributed by atoms with Crippen molar-refractivity contribution in [2.75, 3.05) is 13.1 Å². The summed E-state index contributed by atoms with van der Waals surface area (Å²) in [7, 11) is 0. The minimum Gasteiger partial charge on any atom is -0.326 e. The van der Waals surface area contributed by atoms with Gasteiger partial charge >= 0.3 is 0 Å². The first-order valence-corrected chi connectivity index (χ1v) is 3.70. The number of rotatable bonds is 0. The fraction of sp³-hybridized carbons (Fsp3) is 0.857. The highest BCUT2D eigenvalue weighted by Crippen LogP contribution is 2.10. The molecule has 3 nitrogen and oxygen atoms in total. The third-order valence-corrected chi connectivity index (χ3v) is 1.97. The summed E-state index contributed by atoms with van der Waals surface area (Å²) >= 11 is 0. The van der Waals surface area contributed by atoms with Crippen LogP contribution in [0, 0.1) is 17.2 Å². The minimum atomic E-state index is 0.0648. The Hall–Kier alpha value is -0.590. The number of hydrogen-bond acceptors (Lipinski definition) is 3. The molecule has 1 aliphatic heterocycles. The van der Waals surface area contributed by atoms with Crippen LogP contribution in [0.2, 0.25) is 0 Å². The zero-order valence-electron chi connectivity index (χ0n) is 6.01. The molecule has 1 heterocycles. The van der Waals surface area contributed by atoms with E-state index in [1.165, 1.54) is 0 Å². The molecule has 1 rings (SSSR count). The van der Waals surface area contributed by atoms with Gasteiger partial charge in [0, 0.05) is 6.04 Å². The third kappa shape index (κ3) is 1.69. The summed E-state index contributed by atoms with van der Waals surface area (Å²) in [5.74, 6) is 0.0648. The highest BCUT2D eigenvalue weighted by Gasteiger charge is 2.18. The second kappa shape index (κ2) is 3.55. The van der Waals surface area contributed by atoms with Crippen molar-refractivity contribution in [3.05, 3.63) is 0 Å². The number of nitriles is 1. The molecule has 1 aliphatic rings. The predicted molar refractivity (Wildman–Crippen MR) is 39.2 cm³/mol. The Kier molecular flexibility index (Phi) is 2.67. The second-order valence-corrected chi connectivity index (χ2v) is 2.73. The van der Waals surface area contributed by atoms with E-state index in [4.69, 9.17) is 11.0 Å². The average molecular weight is 139 g/mol. The highest BCUT2D eigenvalue weighted by atomic mass is 14.9. The van der Waals surface area contributed by atoms with Gasteiger partial charge in [-0.1, -0.05) is 0 Å². The lowest BCUT2D eigenvalue weighted by Gasteiger charge is -2.11. The van der Waals surface area contributed by atoms with E-state index in [0.717, 1.165) is 25.9 Å². The zero-order chi connectivity index (χ0) is 7.40. The maximum absolute atomic E-state index is 8.63. The summed E-state index contributed by atoms with van der Waals surface area (Å²) in [5, 5.41) is 11.8. The largest absolute Gasteiger partial charge is 0.326 e. The topological polar surface area (TPSA) is 61.8 Å². The number of hydrogen-bond donors (Lipinski definition) is 2. The molecular weight excluding hydrogens is 126 g/mol. The lowest BCUT2D eigenvalue weighted by molar-refractivity contribution is 0.499. The van der Waals surface area contributed by atoms with Gasteiger partial charge in [-0.15, -0.1) is 0 Å². The van der Waals surface area contributed by atoms with E-state index in [2.05, 4.69) is 11.4 Å². The molecular formula is C7H13N3. The molecule has 0 spiro atoms. The van der Waals surface area contributed by atoms with Crippen molar-refractivity contribution in [3.8, 4) is 6.07 Å². The molecule has 0 amide bonds. The van der Waals surface area contributed by atoms with Gasteiger partial charge in [-0.2, -0.15) is 5.26 Å². The third-order valence-electron chi connectivity index (χ3n) is 1.97. The molecule has 0 radical (unpaired) electrons. The maximum Gasteiger partial charge on any atom is 0.0672 e. The van der Waals surface area contributed by atoms with Crippen LogP contribution in [0.3, 0.4) is 0 Å². The molecule has 0 aliphatic carbocycles. The molecule has 0 saturated carbocycles. The molecule has 1 saturated heterocycles. The van der Waals surface area contributed by atoms with Crippen molar-refractivity contribution in [1.82, 2.24) is 5.32 Å². The van der Waals surface area contributed by atoms with Gasteiger partial charge in [0.05, 0.1) is 12.0 Å². The Balaban J connectivity index is 2.45. The zero-order valence-corrected chi connectivity index (χ0v) is 6.01. The Bertz CT molecular complexity index is 138. The first kappa shape index (κ1) is 7.52. The van der Waals surface area contributed by atoms with E-state index in [-0.39, 0.29) is 12.0 Å². The van der Waals surface area contributed by atoms with Crippen molar-refractivity contribution in [2.24, 2.45) is 11.7 Å². The maximum atomic E-state index is 8.63. The van der Waals surface area contributed by atoms with Crippen molar-refractivity contribution in [1.29, 1.82) is 5.26 Å². The fourth-order valence-corrected chi connectivity index (χ4v) is 1.23. The van der Waals surface area contributed by atoms with Crippen LogP contribution in [0.1, 0.15) is 12.8 Å². The molecule has 0 bridgehead atoms. The summed E-state index contributed by atoms with van der Waals surface area (Å²) in [6, 6.07) is 2.31. The van der Waals surface area contributed by atoms with Crippen molar-refractivity contribution < 1.29 is 0 Å². The molecule has 10 heavy (non-hydrogen) atoms. The summed E-state index contributed by atoms with van der Waals surface area (Å²) in [5.41, 5.74) is 5.73. The van der Waals surface area contributed by atoms with Gasteiger partial charge in [0.1, 0.15) is 0 Å². The molecule has 56 valence electrons. The molecule has 1 fully saturated rings. The normalized spacial score (nSPS) is 34.4. The van der Waals surface area contributed by atoms with E-state index in [9.17, 15) is 0 Å². The first-order chi connectivity index (χ1) is 4.84. The highest BCUT2D eigenvalue weighted by molar-refractivity contribution is 4.92. The minimum absolute atomic E-state index is 0.0648. The quantitative estimate of drug-likeness (QED) is 0.490. The van der Waals surface area contributed by atoms with E-state index in [1.807, 2.05) is 0 Å². The van der Waals surface area contributed by atoms with Crippen LogP contribution < -0.4 is 11.1 Å². The van der Waals surface area contributed by atoms with E-state index < -0.39 is 0 Å². The summed E-state index contributed by atoms with van der Waals surface area (Å²) in [6.45, 7) is 1.89. The molecule has 0 aromatic carbocycles. The molecule has 2 atom stereocenters. The summed E-state index contributed by atoms with van der Waals surface area (Å²) in [4.78, 5) is 0. The van der Waals surface area contributed by atoms with E-state index in [0.29, 0.717) is 0 Å². The van der Waals surface area contributed by atoms with Crippen molar-refractivity contribution >= 4 is 0 Å². The fourth-order valence-electron chi connectivity index (χ4n) is 1.23. The Labute approximate surface area is 61.2 Å². The smallest absolute Gasteiger partial charge is 0.0672 e. The van der Waals surface area contributed by atoms with Gasteiger partial charge in [0.15, 0.2) is 0 Å². The molecule has 0 aromatic rings. The van der Waals surface area contributed by atoms with Gasteiger partial charge in [0.25, 0.3) is 0 Å². The van der Waals surface area contributed by atoms with Crippen LogP contribution in [0.15, 0.2) is 0 Å². The van der Waals surface area contributed by atoms with Crippen LogP contribution >= 0.6 is 0 Å². The van der Waals surface area contributed by atoms with Gasteiger partial charge in [-0.05, 0) is 25.9 Å². The van der Waals surface area contributed by atoms with Gasteiger partial charge in [0.2, 0.25) is 0 Å². The van der Waals surface area contributed by atoms with Crippen LogP contribution in [-0.4, -0.2) is 19.1 Å². The number of nitrogens with two attached hydrogens (primary N) is 1. The van der Waals surface area contributed by atoms with Crippen LogP contribution in [-0.2, 0) is 0 Å². The van der Waals surface area contributed by atoms with E-state index in [1.54, 1.807) is 0 Å². The Morgan fingerprint density at radius 2 is 2.10 bits per heavy atom. The summed E-state index contributed by atoms with van der Waals surface area (Å²) < 4.78 is 0. The van der Waals surface area contributed by atoms with E-state index >= 15 is 0 Å². The predicted octanol–water partition coefficient (Wildman–Crippen LogP) is -0.163. The van der Waals surface area contributed by atoms with Gasteiger partial charge in [-0.3, -0.25) is 0 Å². The van der Waals surface area contributed by atoms with Crippen molar-refractivity contribution in [3.63, 3.8) is 0 Å². The van der Waals surface area contributed by atoms with Crippen LogP contribution in [0.4, 0.5) is 0 Å². The van der Waals surface area contributed by atoms with Gasteiger partial charge < -0.3 is 11.1 Å². The molecule has 3 heteroatoms. The molecule has 3 N–H and O–H groups in total. The van der Waals surface area contributed by atoms with Crippen LogP contribution in [0.25, 0.3) is 0 Å². The second-order valence-electron chi connectivity index (χ2n) is 2.73. The average Bonchev–Trinajstić information content (AvgIpc) is 2.13. The summed E-state index contributed by atoms with van der Waals surface area (Å²) in [6.07, 6.45) is 1.83. The lowest BCUT2D eigenvalue weighted by atomic mass is 9.98. The first-order valence-electron chi connectivity index (χ1n) is 3.70. The van der Waals surface area contributed by atoms with Crippen LogP contribution in [0.5, 0.6) is 0 Å². The lowest BCUT2D eigenvalue weighted by Crippen LogP contribution is -2.28. The number of nitrogens with zero attached hydrogens (tertiary/aromatic N) is 1. The Morgan fingerprint density at radius 3 is 2.80 bits per heavy atom. The Morgan fingerprint density at radius 1 is 1.40 bits per heavy atom.